The number of carbonyl (C=O) groups excluding carboxylic acids is 2. The third-order valence-electron chi connectivity index (χ3n) is 3.30. The van der Waals surface area contributed by atoms with Gasteiger partial charge >= 0.3 is 0 Å². The first-order valence-electron chi connectivity index (χ1n) is 6.82. The zero-order valence-electron chi connectivity index (χ0n) is 12.2. The summed E-state index contributed by atoms with van der Waals surface area (Å²) in [6.45, 7) is 3.96. The fraction of sp³-hybridized carbons (Fsp3) is 0.467. The van der Waals surface area contributed by atoms with Crippen molar-refractivity contribution in [1.82, 2.24) is 4.90 Å². The molecule has 1 unspecified atom stereocenters. The second kappa shape index (κ2) is 7.08. The molecule has 0 spiro atoms. The van der Waals surface area contributed by atoms with Gasteiger partial charge in [0, 0.05) is 18.7 Å². The summed E-state index contributed by atoms with van der Waals surface area (Å²) in [6, 6.07) is 4.83. The van der Waals surface area contributed by atoms with Crippen molar-refractivity contribution in [3.63, 3.8) is 0 Å². The van der Waals surface area contributed by atoms with Crippen molar-refractivity contribution in [2.24, 2.45) is 0 Å². The minimum absolute atomic E-state index is 0.0835. The van der Waals surface area contributed by atoms with Gasteiger partial charge in [0.25, 0.3) is 5.91 Å². The quantitative estimate of drug-likeness (QED) is 0.762. The summed E-state index contributed by atoms with van der Waals surface area (Å²) in [4.78, 5) is 24.8. The van der Waals surface area contributed by atoms with Gasteiger partial charge in [-0.25, -0.2) is 0 Å². The highest BCUT2D eigenvalue weighted by Gasteiger charge is 2.24. The average Bonchev–Trinajstić information content (AvgIpc) is 2.55. The predicted octanol–water partition coefficient (Wildman–Crippen LogP) is 1.13. The van der Waals surface area contributed by atoms with Crippen LogP contribution in [0.15, 0.2) is 18.2 Å². The van der Waals surface area contributed by atoms with Crippen LogP contribution in [0.1, 0.15) is 17.3 Å². The van der Waals surface area contributed by atoms with E-state index in [1.807, 2.05) is 0 Å². The Morgan fingerprint density at radius 1 is 1.33 bits per heavy atom. The molecule has 0 N–H and O–H groups in total. The Hall–Kier alpha value is -2.08. The fourth-order valence-corrected chi connectivity index (χ4v) is 2.14. The molecule has 1 aliphatic rings. The van der Waals surface area contributed by atoms with E-state index in [4.69, 9.17) is 14.2 Å². The first kappa shape index (κ1) is 15.3. The van der Waals surface area contributed by atoms with Gasteiger partial charge in [0.15, 0.2) is 17.6 Å². The van der Waals surface area contributed by atoms with Crippen molar-refractivity contribution < 1.29 is 23.8 Å². The summed E-state index contributed by atoms with van der Waals surface area (Å²) in [5.41, 5.74) is 0.492. The second-order valence-corrected chi connectivity index (χ2v) is 4.73. The first-order valence-corrected chi connectivity index (χ1v) is 6.82. The number of carbonyl (C=O) groups is 2. The third-order valence-corrected chi connectivity index (χ3v) is 3.30. The average molecular weight is 293 g/mol. The molecule has 0 aliphatic carbocycles. The van der Waals surface area contributed by atoms with Gasteiger partial charge in [-0.3, -0.25) is 9.59 Å². The van der Waals surface area contributed by atoms with E-state index >= 15 is 0 Å². The van der Waals surface area contributed by atoms with Crippen LogP contribution in [0.2, 0.25) is 0 Å². The molecule has 1 aromatic rings. The Morgan fingerprint density at radius 2 is 2.05 bits per heavy atom. The van der Waals surface area contributed by atoms with Gasteiger partial charge in [0.05, 0.1) is 20.3 Å². The molecular formula is C15H19NO5. The summed E-state index contributed by atoms with van der Waals surface area (Å²) in [5.74, 6) is 0.790. The van der Waals surface area contributed by atoms with Crippen LogP contribution in [0.4, 0.5) is 0 Å². The summed E-state index contributed by atoms with van der Waals surface area (Å²) in [6.07, 6.45) is 0.105. The van der Waals surface area contributed by atoms with E-state index in [0.29, 0.717) is 43.4 Å². The highest BCUT2D eigenvalue weighted by Crippen LogP contribution is 2.28. The molecule has 1 heterocycles. The highest BCUT2D eigenvalue weighted by molar-refractivity contribution is 5.81. The summed E-state index contributed by atoms with van der Waals surface area (Å²) < 4.78 is 16.1. The van der Waals surface area contributed by atoms with E-state index in [1.54, 1.807) is 30.0 Å². The van der Waals surface area contributed by atoms with Crippen molar-refractivity contribution in [3.8, 4) is 11.5 Å². The zero-order chi connectivity index (χ0) is 15.2. The SMILES string of the molecule is COc1cc(C=O)ccc1OC(C)C(=O)N1CCOCC1. The molecule has 0 radical (unpaired) electrons. The largest absolute Gasteiger partial charge is 0.493 e. The summed E-state index contributed by atoms with van der Waals surface area (Å²) >= 11 is 0. The molecule has 0 aromatic heterocycles. The molecule has 0 saturated carbocycles. The van der Waals surface area contributed by atoms with E-state index in [1.165, 1.54) is 7.11 Å². The number of aldehydes is 1. The maximum atomic E-state index is 12.3. The van der Waals surface area contributed by atoms with Crippen LogP contribution in [0, 0.1) is 0 Å². The summed E-state index contributed by atoms with van der Waals surface area (Å²) in [7, 11) is 1.49. The molecule has 1 saturated heterocycles. The van der Waals surface area contributed by atoms with E-state index in [2.05, 4.69) is 0 Å². The molecule has 21 heavy (non-hydrogen) atoms. The van der Waals surface area contributed by atoms with Crippen molar-refractivity contribution in [3.05, 3.63) is 23.8 Å². The van der Waals surface area contributed by atoms with E-state index in [0.717, 1.165) is 6.29 Å². The monoisotopic (exact) mass is 293 g/mol. The van der Waals surface area contributed by atoms with Crippen LogP contribution in [0.25, 0.3) is 0 Å². The van der Waals surface area contributed by atoms with Crippen LogP contribution in [0.5, 0.6) is 11.5 Å². The molecule has 6 heteroatoms. The highest BCUT2D eigenvalue weighted by atomic mass is 16.5. The molecule has 1 aliphatic heterocycles. The van der Waals surface area contributed by atoms with Crippen LogP contribution in [-0.2, 0) is 9.53 Å². The molecule has 1 atom stereocenters. The van der Waals surface area contributed by atoms with Crippen molar-refractivity contribution >= 4 is 12.2 Å². The van der Waals surface area contributed by atoms with Crippen molar-refractivity contribution in [2.75, 3.05) is 33.4 Å². The van der Waals surface area contributed by atoms with Gasteiger partial charge in [0.1, 0.15) is 6.29 Å². The van der Waals surface area contributed by atoms with Crippen LogP contribution in [-0.4, -0.2) is 56.6 Å². The summed E-state index contributed by atoms with van der Waals surface area (Å²) in [5, 5.41) is 0. The van der Waals surface area contributed by atoms with Gasteiger partial charge in [-0.2, -0.15) is 0 Å². The molecular weight excluding hydrogens is 274 g/mol. The van der Waals surface area contributed by atoms with E-state index < -0.39 is 6.10 Å². The molecule has 2 rings (SSSR count). The smallest absolute Gasteiger partial charge is 0.263 e. The zero-order valence-corrected chi connectivity index (χ0v) is 12.2. The Balaban J connectivity index is 2.06. The Morgan fingerprint density at radius 3 is 2.67 bits per heavy atom. The molecule has 114 valence electrons. The minimum atomic E-state index is -0.626. The number of hydrogen-bond donors (Lipinski definition) is 0. The lowest BCUT2D eigenvalue weighted by atomic mass is 10.2. The number of benzene rings is 1. The van der Waals surface area contributed by atoms with Crippen molar-refractivity contribution in [2.45, 2.75) is 13.0 Å². The number of morpholine rings is 1. The molecule has 6 nitrogen and oxygen atoms in total. The van der Waals surface area contributed by atoms with Gasteiger partial charge in [-0.05, 0) is 25.1 Å². The number of methoxy groups -OCH3 is 1. The lowest BCUT2D eigenvalue weighted by molar-refractivity contribution is -0.142. The maximum Gasteiger partial charge on any atom is 0.263 e. The third kappa shape index (κ3) is 3.72. The van der Waals surface area contributed by atoms with Gasteiger partial charge in [0.2, 0.25) is 0 Å². The Labute approximate surface area is 123 Å². The molecule has 1 fully saturated rings. The predicted molar refractivity (Wildman–Crippen MR) is 75.9 cm³/mol. The van der Waals surface area contributed by atoms with E-state index in [9.17, 15) is 9.59 Å². The van der Waals surface area contributed by atoms with Crippen LogP contribution < -0.4 is 9.47 Å². The van der Waals surface area contributed by atoms with Gasteiger partial charge in [-0.1, -0.05) is 0 Å². The lowest BCUT2D eigenvalue weighted by Gasteiger charge is -2.29. The van der Waals surface area contributed by atoms with Crippen LogP contribution in [0.3, 0.4) is 0 Å². The van der Waals surface area contributed by atoms with Crippen LogP contribution >= 0.6 is 0 Å². The normalized spacial score (nSPS) is 16.2. The lowest BCUT2D eigenvalue weighted by Crippen LogP contribution is -2.46. The number of nitrogens with zero attached hydrogens (tertiary/aromatic N) is 1. The van der Waals surface area contributed by atoms with Gasteiger partial charge in [-0.15, -0.1) is 0 Å². The number of rotatable bonds is 5. The van der Waals surface area contributed by atoms with Crippen molar-refractivity contribution in [1.29, 1.82) is 0 Å². The maximum absolute atomic E-state index is 12.3. The molecule has 1 amide bonds. The topological polar surface area (TPSA) is 65.1 Å². The first-order chi connectivity index (χ1) is 10.2. The number of amides is 1. The van der Waals surface area contributed by atoms with E-state index in [-0.39, 0.29) is 5.91 Å². The molecule has 0 bridgehead atoms. The van der Waals surface area contributed by atoms with Gasteiger partial charge < -0.3 is 19.1 Å². The Bertz CT molecular complexity index is 511. The number of ether oxygens (including phenoxy) is 3. The minimum Gasteiger partial charge on any atom is -0.493 e. The number of hydrogen-bond acceptors (Lipinski definition) is 5. The molecule has 1 aromatic carbocycles. The second-order valence-electron chi connectivity index (χ2n) is 4.73. The Kier molecular flexibility index (Phi) is 5.16. The fourth-order valence-electron chi connectivity index (χ4n) is 2.14. The standard InChI is InChI=1S/C15H19NO5/c1-11(15(18)16-5-7-20-8-6-16)21-13-4-3-12(10-17)9-14(13)19-2/h3-4,9-11H,5-8H2,1-2H3.